The smallest absolute Gasteiger partial charge is 0.158 e. The monoisotopic (exact) mass is 195 g/mol. The molecule has 0 bridgehead atoms. The highest BCUT2D eigenvalue weighted by molar-refractivity contribution is 5.19. The number of fused-ring (bicyclic) bond motifs is 1. The Morgan fingerprint density at radius 3 is 3.29 bits per heavy atom. The zero-order valence-corrected chi connectivity index (χ0v) is 8.03. The minimum absolute atomic E-state index is 0.458. The summed E-state index contributed by atoms with van der Waals surface area (Å²) in [7, 11) is 1.78. The summed E-state index contributed by atoms with van der Waals surface area (Å²) in [6.45, 7) is 1.56. The van der Waals surface area contributed by atoms with Gasteiger partial charge in [-0.1, -0.05) is 0 Å². The molecule has 0 saturated carbocycles. The minimum atomic E-state index is -0.647. The maximum atomic E-state index is 9.62. The van der Waals surface area contributed by atoms with Crippen LogP contribution in [0.4, 0.5) is 0 Å². The molecule has 0 aromatic carbocycles. The molecule has 1 unspecified atom stereocenters. The first-order valence-electron chi connectivity index (χ1n) is 4.56. The van der Waals surface area contributed by atoms with Crippen molar-refractivity contribution in [1.29, 1.82) is 0 Å². The van der Waals surface area contributed by atoms with Gasteiger partial charge in [-0.15, -0.1) is 0 Å². The lowest BCUT2D eigenvalue weighted by Crippen LogP contribution is -2.19. The molecule has 2 rings (SSSR count). The minimum Gasteiger partial charge on any atom is -0.384 e. The second kappa shape index (κ2) is 4.00. The van der Waals surface area contributed by atoms with Crippen LogP contribution in [0.3, 0.4) is 0 Å². The summed E-state index contributed by atoms with van der Waals surface area (Å²) in [6.07, 6.45) is 1.08. The van der Waals surface area contributed by atoms with Crippen LogP contribution >= 0.6 is 0 Å². The molecule has 1 aliphatic heterocycles. The molecule has 0 aliphatic carbocycles. The third kappa shape index (κ3) is 1.75. The molecule has 1 aromatic rings. The number of nitrogens with zero attached hydrogens (tertiary/aromatic N) is 2. The van der Waals surface area contributed by atoms with Crippen molar-refractivity contribution >= 4 is 0 Å². The fraction of sp³-hybridized carbons (Fsp3) is 0.556. The molecule has 0 radical (unpaired) electrons. The number of likely N-dealkylation sites (N-methyl/N-ethyl adjacent to an activating group) is 1. The lowest BCUT2D eigenvalue weighted by molar-refractivity contribution is 0.132. The third-order valence-corrected chi connectivity index (χ3v) is 2.16. The zero-order valence-electron chi connectivity index (χ0n) is 8.03. The first-order valence-corrected chi connectivity index (χ1v) is 4.56. The molecular weight excluding hydrogens is 182 g/mol. The number of aromatic nitrogens is 2. The zero-order chi connectivity index (χ0) is 9.97. The molecule has 14 heavy (non-hydrogen) atoms. The Balaban J connectivity index is 2.19. The van der Waals surface area contributed by atoms with Gasteiger partial charge in [0.25, 0.3) is 0 Å². The molecule has 5 nitrogen and oxygen atoms in total. The number of ether oxygens (including phenoxy) is 1. The van der Waals surface area contributed by atoms with Gasteiger partial charge in [0.1, 0.15) is 6.10 Å². The molecule has 0 fully saturated rings. The van der Waals surface area contributed by atoms with Gasteiger partial charge in [-0.3, -0.25) is 0 Å². The Morgan fingerprint density at radius 2 is 2.50 bits per heavy atom. The number of aliphatic hydroxyl groups is 1. The summed E-state index contributed by atoms with van der Waals surface area (Å²) < 4.78 is 5.21. The number of nitrogens with one attached hydrogen (secondary N) is 1. The van der Waals surface area contributed by atoms with Gasteiger partial charge >= 0.3 is 0 Å². The van der Waals surface area contributed by atoms with Crippen LogP contribution in [-0.4, -0.2) is 28.7 Å². The second-order valence-corrected chi connectivity index (χ2v) is 3.27. The van der Waals surface area contributed by atoms with Gasteiger partial charge in [-0.25, -0.2) is 9.97 Å². The Labute approximate surface area is 82.1 Å². The molecule has 5 heteroatoms. The number of hydrogen-bond donors (Lipinski definition) is 2. The van der Waals surface area contributed by atoms with Crippen LogP contribution in [0.1, 0.15) is 23.2 Å². The standard InChI is InChI=1S/C9H13N3O2/c1-10-3-8(13)9-11-2-6-4-14-5-7(6)12-9/h2,8,10,13H,3-5H2,1H3. The maximum Gasteiger partial charge on any atom is 0.158 e. The van der Waals surface area contributed by atoms with Gasteiger partial charge in [0.15, 0.2) is 5.82 Å². The molecule has 1 aliphatic rings. The molecule has 2 heterocycles. The van der Waals surface area contributed by atoms with Crippen molar-refractivity contribution in [3.63, 3.8) is 0 Å². The number of aliphatic hydroxyl groups excluding tert-OH is 1. The van der Waals surface area contributed by atoms with Crippen molar-refractivity contribution in [2.45, 2.75) is 19.3 Å². The lowest BCUT2D eigenvalue weighted by Gasteiger charge is -2.08. The number of rotatable bonds is 3. The van der Waals surface area contributed by atoms with E-state index in [1.54, 1.807) is 13.2 Å². The van der Waals surface area contributed by atoms with E-state index in [2.05, 4.69) is 15.3 Å². The first-order chi connectivity index (χ1) is 6.81. The Kier molecular flexibility index (Phi) is 2.72. The molecule has 0 saturated heterocycles. The highest BCUT2D eigenvalue weighted by Crippen LogP contribution is 2.18. The van der Waals surface area contributed by atoms with E-state index >= 15 is 0 Å². The van der Waals surface area contributed by atoms with Gasteiger partial charge in [0.05, 0.1) is 18.9 Å². The van der Waals surface area contributed by atoms with Crippen LogP contribution < -0.4 is 5.32 Å². The summed E-state index contributed by atoms with van der Waals surface area (Å²) in [5.74, 6) is 0.462. The van der Waals surface area contributed by atoms with Crippen molar-refractivity contribution in [3.8, 4) is 0 Å². The molecule has 1 atom stereocenters. The largest absolute Gasteiger partial charge is 0.384 e. The summed E-state index contributed by atoms with van der Waals surface area (Å²) >= 11 is 0. The van der Waals surface area contributed by atoms with Crippen molar-refractivity contribution in [2.75, 3.05) is 13.6 Å². The Hall–Kier alpha value is -1.04. The van der Waals surface area contributed by atoms with E-state index in [4.69, 9.17) is 4.74 Å². The van der Waals surface area contributed by atoms with Gasteiger partial charge < -0.3 is 15.2 Å². The fourth-order valence-electron chi connectivity index (χ4n) is 1.41. The van der Waals surface area contributed by atoms with Gasteiger partial charge in [-0.2, -0.15) is 0 Å². The third-order valence-electron chi connectivity index (χ3n) is 2.16. The molecule has 0 amide bonds. The molecule has 0 spiro atoms. The van der Waals surface area contributed by atoms with Crippen LogP contribution in [0, 0.1) is 0 Å². The van der Waals surface area contributed by atoms with Gasteiger partial charge in [-0.05, 0) is 7.05 Å². The average molecular weight is 195 g/mol. The Bertz CT molecular complexity index is 330. The summed E-state index contributed by atoms with van der Waals surface area (Å²) in [5, 5.41) is 12.5. The van der Waals surface area contributed by atoms with E-state index < -0.39 is 6.10 Å². The molecule has 2 N–H and O–H groups in total. The normalized spacial score (nSPS) is 16.7. The molecule has 76 valence electrons. The van der Waals surface area contributed by atoms with Crippen molar-refractivity contribution in [1.82, 2.24) is 15.3 Å². The van der Waals surface area contributed by atoms with Crippen LogP contribution in [0.2, 0.25) is 0 Å². The fourth-order valence-corrected chi connectivity index (χ4v) is 1.41. The molecule has 1 aromatic heterocycles. The summed E-state index contributed by atoms with van der Waals surface area (Å²) in [5.41, 5.74) is 1.91. The van der Waals surface area contributed by atoms with E-state index in [-0.39, 0.29) is 0 Å². The Morgan fingerprint density at radius 1 is 1.64 bits per heavy atom. The predicted octanol–water partition coefficient (Wildman–Crippen LogP) is -0.240. The van der Waals surface area contributed by atoms with E-state index in [0.29, 0.717) is 25.6 Å². The lowest BCUT2D eigenvalue weighted by atomic mass is 10.2. The van der Waals surface area contributed by atoms with E-state index in [1.807, 2.05) is 0 Å². The maximum absolute atomic E-state index is 9.62. The van der Waals surface area contributed by atoms with E-state index in [1.165, 1.54) is 0 Å². The summed E-state index contributed by atoms with van der Waals surface area (Å²) in [4.78, 5) is 8.33. The predicted molar refractivity (Wildman–Crippen MR) is 49.4 cm³/mol. The van der Waals surface area contributed by atoms with Crippen LogP contribution in [0.15, 0.2) is 6.20 Å². The van der Waals surface area contributed by atoms with Crippen molar-refractivity contribution in [2.24, 2.45) is 0 Å². The van der Waals surface area contributed by atoms with Crippen molar-refractivity contribution in [3.05, 3.63) is 23.3 Å². The van der Waals surface area contributed by atoms with Crippen LogP contribution in [-0.2, 0) is 18.0 Å². The topological polar surface area (TPSA) is 67.3 Å². The van der Waals surface area contributed by atoms with Crippen molar-refractivity contribution < 1.29 is 9.84 Å². The van der Waals surface area contributed by atoms with E-state index in [9.17, 15) is 5.11 Å². The quantitative estimate of drug-likeness (QED) is 0.696. The van der Waals surface area contributed by atoms with E-state index in [0.717, 1.165) is 11.3 Å². The highest BCUT2D eigenvalue weighted by Gasteiger charge is 2.17. The average Bonchev–Trinajstić information content (AvgIpc) is 2.64. The second-order valence-electron chi connectivity index (χ2n) is 3.27. The van der Waals surface area contributed by atoms with Gasteiger partial charge in [0, 0.05) is 18.3 Å². The first kappa shape index (κ1) is 9.51. The number of hydrogen-bond acceptors (Lipinski definition) is 5. The molecular formula is C9H13N3O2. The summed E-state index contributed by atoms with van der Waals surface area (Å²) in [6, 6.07) is 0. The highest BCUT2D eigenvalue weighted by atomic mass is 16.5. The SMILES string of the molecule is CNCC(O)c1ncc2c(n1)COC2. The van der Waals surface area contributed by atoms with Crippen LogP contribution in [0.5, 0.6) is 0 Å². The van der Waals surface area contributed by atoms with Gasteiger partial charge in [0.2, 0.25) is 0 Å². The van der Waals surface area contributed by atoms with Crippen LogP contribution in [0.25, 0.3) is 0 Å².